The van der Waals surface area contributed by atoms with E-state index in [0.717, 1.165) is 31.2 Å². The molecule has 0 N–H and O–H groups in total. The molecule has 0 saturated carbocycles. The summed E-state index contributed by atoms with van der Waals surface area (Å²) < 4.78 is 0. The van der Waals surface area contributed by atoms with E-state index in [1.165, 1.54) is 6.20 Å². The van der Waals surface area contributed by atoms with Gasteiger partial charge in [-0.1, -0.05) is 11.6 Å². The van der Waals surface area contributed by atoms with Crippen molar-refractivity contribution < 1.29 is 4.79 Å². The van der Waals surface area contributed by atoms with Crippen molar-refractivity contribution in [1.82, 2.24) is 9.88 Å². The molecule has 1 atom stereocenters. The molecule has 0 spiro atoms. The maximum atomic E-state index is 11.0. The number of pyridine rings is 1. The highest BCUT2D eigenvalue weighted by Gasteiger charge is 2.25. The van der Waals surface area contributed by atoms with Crippen molar-refractivity contribution in [3.05, 3.63) is 28.5 Å². The average molecular weight is 225 g/mol. The zero-order valence-electron chi connectivity index (χ0n) is 8.61. The fourth-order valence-electron chi connectivity index (χ4n) is 2.15. The van der Waals surface area contributed by atoms with Crippen molar-refractivity contribution in [1.29, 1.82) is 0 Å². The van der Waals surface area contributed by atoms with Crippen LogP contribution in [0.4, 0.5) is 0 Å². The predicted octanol–water partition coefficient (Wildman–Crippen LogP) is 2.31. The molecule has 2 rings (SSSR count). The lowest BCUT2D eigenvalue weighted by Crippen LogP contribution is -2.19. The fraction of sp³-hybridized carbons (Fsp3) is 0.455. The largest absolute Gasteiger partial charge is 0.299 e. The third-order valence-corrected chi connectivity index (χ3v) is 3.27. The smallest absolute Gasteiger partial charge is 0.152 e. The second-order valence-electron chi connectivity index (χ2n) is 3.88. The first-order valence-corrected chi connectivity index (χ1v) is 5.40. The lowest BCUT2D eigenvalue weighted by Gasteiger charge is -2.20. The van der Waals surface area contributed by atoms with Crippen LogP contribution in [0.3, 0.4) is 0 Å². The molecule has 1 aromatic heterocycles. The molecule has 4 heteroatoms. The molecule has 1 saturated heterocycles. The van der Waals surface area contributed by atoms with Gasteiger partial charge in [0.25, 0.3) is 0 Å². The highest BCUT2D eigenvalue weighted by molar-refractivity contribution is 6.32. The molecular weight excluding hydrogens is 212 g/mol. The van der Waals surface area contributed by atoms with Gasteiger partial charge in [0.1, 0.15) is 0 Å². The van der Waals surface area contributed by atoms with Crippen LogP contribution in [0.1, 0.15) is 34.8 Å². The van der Waals surface area contributed by atoms with Gasteiger partial charge in [-0.25, -0.2) is 0 Å². The van der Waals surface area contributed by atoms with Gasteiger partial charge in [-0.05, 0) is 32.0 Å². The van der Waals surface area contributed by atoms with E-state index >= 15 is 0 Å². The van der Waals surface area contributed by atoms with Gasteiger partial charge < -0.3 is 0 Å². The number of aromatic nitrogens is 1. The maximum absolute atomic E-state index is 11.0. The Labute approximate surface area is 94.1 Å². The summed E-state index contributed by atoms with van der Waals surface area (Å²) in [5.74, 6) is 0. The standard InChI is InChI=1S/C11H13ClN2O/c1-14-4-2-3-11(14)8-5-13-6-10(12)9(8)7-15/h5-7,11H,2-4H2,1H3/t11-/m0/s1. The maximum Gasteiger partial charge on any atom is 0.152 e. The molecule has 1 aromatic rings. The van der Waals surface area contributed by atoms with Gasteiger partial charge in [0.05, 0.1) is 5.02 Å². The SMILES string of the molecule is CN1CCC[C@H]1c1cncc(Cl)c1C=O. The Kier molecular flexibility index (Phi) is 3.03. The predicted molar refractivity (Wildman–Crippen MR) is 59.2 cm³/mol. The highest BCUT2D eigenvalue weighted by atomic mass is 35.5. The molecule has 0 radical (unpaired) electrons. The average Bonchev–Trinajstić information content (AvgIpc) is 2.64. The molecule has 0 bridgehead atoms. The number of aldehydes is 1. The summed E-state index contributed by atoms with van der Waals surface area (Å²) in [6, 6.07) is 0.288. The number of likely N-dealkylation sites (tertiary alicyclic amines) is 1. The molecule has 1 aliphatic heterocycles. The molecule has 15 heavy (non-hydrogen) atoms. The lowest BCUT2D eigenvalue weighted by molar-refractivity contribution is 0.112. The first-order chi connectivity index (χ1) is 7.24. The van der Waals surface area contributed by atoms with Gasteiger partial charge in [0.15, 0.2) is 6.29 Å². The number of carbonyl (C=O) groups is 1. The van der Waals surface area contributed by atoms with E-state index in [9.17, 15) is 4.79 Å². The normalized spacial score (nSPS) is 21.9. The van der Waals surface area contributed by atoms with Crippen LogP contribution in [-0.2, 0) is 0 Å². The van der Waals surface area contributed by atoms with Crippen molar-refractivity contribution in [3.8, 4) is 0 Å². The molecule has 1 aliphatic rings. The van der Waals surface area contributed by atoms with Crippen molar-refractivity contribution >= 4 is 17.9 Å². The van der Waals surface area contributed by atoms with Crippen molar-refractivity contribution in [2.75, 3.05) is 13.6 Å². The lowest BCUT2D eigenvalue weighted by atomic mass is 10.0. The van der Waals surface area contributed by atoms with Crippen molar-refractivity contribution in [3.63, 3.8) is 0 Å². The fourth-order valence-corrected chi connectivity index (χ4v) is 2.36. The minimum Gasteiger partial charge on any atom is -0.299 e. The van der Waals surface area contributed by atoms with Crippen LogP contribution in [0.5, 0.6) is 0 Å². The molecule has 1 fully saturated rings. The number of halogens is 1. The van der Waals surface area contributed by atoms with Crippen molar-refractivity contribution in [2.24, 2.45) is 0 Å². The Hall–Kier alpha value is -0.930. The van der Waals surface area contributed by atoms with E-state index in [-0.39, 0.29) is 6.04 Å². The summed E-state index contributed by atoms with van der Waals surface area (Å²) in [7, 11) is 2.06. The summed E-state index contributed by atoms with van der Waals surface area (Å²) in [6.07, 6.45) is 6.32. The summed E-state index contributed by atoms with van der Waals surface area (Å²) >= 11 is 5.94. The molecule has 0 unspecified atom stereocenters. The van der Waals surface area contributed by atoms with Gasteiger partial charge in [-0.3, -0.25) is 14.7 Å². The second kappa shape index (κ2) is 4.29. The third kappa shape index (κ3) is 1.90. The van der Waals surface area contributed by atoms with E-state index in [1.807, 2.05) is 0 Å². The Bertz CT molecular complexity index is 381. The third-order valence-electron chi connectivity index (χ3n) is 2.97. The molecular formula is C11H13ClN2O. The summed E-state index contributed by atoms with van der Waals surface area (Å²) in [6.45, 7) is 1.06. The Morgan fingerprint density at radius 1 is 1.60 bits per heavy atom. The molecule has 0 aliphatic carbocycles. The highest BCUT2D eigenvalue weighted by Crippen LogP contribution is 2.33. The number of hydrogen-bond acceptors (Lipinski definition) is 3. The minimum atomic E-state index is 0.288. The van der Waals surface area contributed by atoms with E-state index in [4.69, 9.17) is 11.6 Å². The monoisotopic (exact) mass is 224 g/mol. The number of rotatable bonds is 2. The summed E-state index contributed by atoms with van der Waals surface area (Å²) in [5, 5.41) is 0.447. The van der Waals surface area contributed by atoms with Crippen LogP contribution in [0.15, 0.2) is 12.4 Å². The van der Waals surface area contributed by atoms with E-state index in [1.54, 1.807) is 6.20 Å². The van der Waals surface area contributed by atoms with Crippen LogP contribution >= 0.6 is 11.6 Å². The van der Waals surface area contributed by atoms with Gasteiger partial charge in [0, 0.05) is 24.0 Å². The zero-order valence-corrected chi connectivity index (χ0v) is 9.37. The van der Waals surface area contributed by atoms with Gasteiger partial charge in [-0.2, -0.15) is 0 Å². The molecule has 80 valence electrons. The Morgan fingerprint density at radius 3 is 3.00 bits per heavy atom. The Morgan fingerprint density at radius 2 is 2.40 bits per heavy atom. The first-order valence-electron chi connectivity index (χ1n) is 5.03. The molecule has 0 amide bonds. The van der Waals surface area contributed by atoms with Gasteiger partial charge in [0.2, 0.25) is 0 Å². The summed E-state index contributed by atoms with van der Waals surface area (Å²) in [4.78, 5) is 17.3. The first kappa shape index (κ1) is 10.6. The number of hydrogen-bond donors (Lipinski definition) is 0. The van der Waals surface area contributed by atoms with Crippen LogP contribution in [-0.4, -0.2) is 29.8 Å². The van der Waals surface area contributed by atoms with Crippen LogP contribution < -0.4 is 0 Å². The molecule has 3 nitrogen and oxygen atoms in total. The van der Waals surface area contributed by atoms with E-state index in [0.29, 0.717) is 10.6 Å². The molecule has 2 heterocycles. The van der Waals surface area contributed by atoms with Crippen LogP contribution in [0, 0.1) is 0 Å². The van der Waals surface area contributed by atoms with Crippen molar-refractivity contribution in [2.45, 2.75) is 18.9 Å². The van der Waals surface area contributed by atoms with Gasteiger partial charge >= 0.3 is 0 Å². The van der Waals surface area contributed by atoms with Gasteiger partial charge in [-0.15, -0.1) is 0 Å². The zero-order chi connectivity index (χ0) is 10.8. The quantitative estimate of drug-likeness (QED) is 0.723. The topological polar surface area (TPSA) is 33.2 Å². The Balaban J connectivity index is 2.42. The number of carbonyl (C=O) groups excluding carboxylic acids is 1. The minimum absolute atomic E-state index is 0.288. The summed E-state index contributed by atoms with van der Waals surface area (Å²) in [5.41, 5.74) is 1.54. The second-order valence-corrected chi connectivity index (χ2v) is 4.29. The van der Waals surface area contributed by atoms with E-state index in [2.05, 4.69) is 16.9 Å². The van der Waals surface area contributed by atoms with E-state index < -0.39 is 0 Å². The number of nitrogens with zero attached hydrogens (tertiary/aromatic N) is 2. The van der Waals surface area contributed by atoms with Crippen LogP contribution in [0.25, 0.3) is 0 Å². The van der Waals surface area contributed by atoms with Crippen LogP contribution in [0.2, 0.25) is 5.02 Å². The molecule has 0 aromatic carbocycles.